The minimum atomic E-state index is 0.679. The lowest BCUT2D eigenvalue weighted by Crippen LogP contribution is -2.24. The first-order chi connectivity index (χ1) is 9.76. The van der Waals surface area contributed by atoms with Gasteiger partial charge in [-0.05, 0) is 49.9 Å². The Bertz CT molecular complexity index is 398. The lowest BCUT2D eigenvalue weighted by atomic mass is 10.1. The predicted octanol–water partition coefficient (Wildman–Crippen LogP) is 4.52. The molecule has 0 aromatic heterocycles. The molecule has 1 aromatic rings. The number of para-hydroxylation sites is 1. The monoisotopic (exact) mass is 274 g/mol. The zero-order valence-corrected chi connectivity index (χ0v) is 13.4. The Balaban J connectivity index is 2.00. The van der Waals surface area contributed by atoms with Gasteiger partial charge in [-0.2, -0.15) is 0 Å². The highest BCUT2D eigenvalue weighted by molar-refractivity contribution is 5.51. The van der Waals surface area contributed by atoms with Gasteiger partial charge in [0.1, 0.15) is 0 Å². The summed E-state index contributed by atoms with van der Waals surface area (Å²) in [6, 6.07) is 9.51. The summed E-state index contributed by atoms with van der Waals surface area (Å²) in [7, 11) is 0. The lowest BCUT2D eigenvalue weighted by Gasteiger charge is -2.22. The first-order valence-electron chi connectivity index (χ1n) is 8.33. The minimum absolute atomic E-state index is 0.679. The quantitative estimate of drug-likeness (QED) is 0.786. The summed E-state index contributed by atoms with van der Waals surface area (Å²) >= 11 is 0. The Labute approximate surface area is 124 Å². The Kier molecular flexibility index (Phi) is 5.90. The third-order valence-corrected chi connectivity index (χ3v) is 4.78. The Hall–Kier alpha value is -1.02. The van der Waals surface area contributed by atoms with Crippen LogP contribution in [0.25, 0.3) is 0 Å². The standard InChI is InChI=1S/C18H30N2/c1-4-15-11-12-17(13-15)19-18-10-8-7-9-16(18)14-20(5-2)6-3/h7-10,15,17,19H,4-6,11-14H2,1-3H3. The van der Waals surface area contributed by atoms with Crippen molar-refractivity contribution in [3.05, 3.63) is 29.8 Å². The zero-order valence-electron chi connectivity index (χ0n) is 13.4. The molecule has 1 aliphatic rings. The average molecular weight is 274 g/mol. The van der Waals surface area contributed by atoms with E-state index in [1.165, 1.54) is 36.9 Å². The molecule has 1 saturated carbocycles. The van der Waals surface area contributed by atoms with Crippen molar-refractivity contribution in [3.8, 4) is 0 Å². The molecule has 2 rings (SSSR count). The van der Waals surface area contributed by atoms with Crippen molar-refractivity contribution in [1.29, 1.82) is 0 Å². The van der Waals surface area contributed by atoms with Gasteiger partial charge in [-0.25, -0.2) is 0 Å². The number of hydrogen-bond acceptors (Lipinski definition) is 2. The zero-order chi connectivity index (χ0) is 14.4. The van der Waals surface area contributed by atoms with E-state index in [1.807, 2.05) is 0 Å². The lowest BCUT2D eigenvalue weighted by molar-refractivity contribution is 0.296. The molecule has 2 unspecified atom stereocenters. The third kappa shape index (κ3) is 3.99. The van der Waals surface area contributed by atoms with Crippen LogP contribution in [0.2, 0.25) is 0 Å². The van der Waals surface area contributed by atoms with E-state index in [2.05, 4.69) is 55.3 Å². The topological polar surface area (TPSA) is 15.3 Å². The summed E-state index contributed by atoms with van der Waals surface area (Å²) in [5.41, 5.74) is 2.79. The van der Waals surface area contributed by atoms with Crippen molar-refractivity contribution in [3.63, 3.8) is 0 Å². The largest absolute Gasteiger partial charge is 0.382 e. The van der Waals surface area contributed by atoms with Gasteiger partial charge in [0.25, 0.3) is 0 Å². The van der Waals surface area contributed by atoms with Gasteiger partial charge in [0.05, 0.1) is 0 Å². The van der Waals surface area contributed by atoms with Gasteiger partial charge in [0.15, 0.2) is 0 Å². The molecule has 0 bridgehead atoms. The first kappa shape index (κ1) is 15.4. The molecule has 2 atom stereocenters. The maximum absolute atomic E-state index is 3.80. The van der Waals surface area contributed by atoms with Crippen LogP contribution in [-0.4, -0.2) is 24.0 Å². The molecule has 2 heteroatoms. The van der Waals surface area contributed by atoms with Crippen LogP contribution >= 0.6 is 0 Å². The van der Waals surface area contributed by atoms with E-state index in [4.69, 9.17) is 0 Å². The molecule has 0 aliphatic heterocycles. The number of rotatable bonds is 7. The van der Waals surface area contributed by atoms with Gasteiger partial charge in [-0.3, -0.25) is 4.90 Å². The van der Waals surface area contributed by atoms with Crippen LogP contribution in [0.1, 0.15) is 52.0 Å². The fourth-order valence-corrected chi connectivity index (χ4v) is 3.28. The second-order valence-electron chi connectivity index (χ2n) is 6.05. The maximum atomic E-state index is 3.80. The summed E-state index contributed by atoms with van der Waals surface area (Å²) < 4.78 is 0. The molecule has 20 heavy (non-hydrogen) atoms. The van der Waals surface area contributed by atoms with Crippen molar-refractivity contribution in [1.82, 2.24) is 4.90 Å². The number of nitrogens with one attached hydrogen (secondary N) is 1. The van der Waals surface area contributed by atoms with Gasteiger partial charge in [-0.1, -0.05) is 45.4 Å². The van der Waals surface area contributed by atoms with Gasteiger partial charge < -0.3 is 5.32 Å². The van der Waals surface area contributed by atoms with Crippen LogP contribution in [0.5, 0.6) is 0 Å². The SMILES string of the molecule is CCC1CCC(Nc2ccccc2CN(CC)CC)C1. The molecular formula is C18H30N2. The maximum Gasteiger partial charge on any atom is 0.0388 e. The molecule has 1 N–H and O–H groups in total. The Morgan fingerprint density at radius 1 is 1.10 bits per heavy atom. The summed E-state index contributed by atoms with van der Waals surface area (Å²) in [6.07, 6.45) is 5.40. The smallest absolute Gasteiger partial charge is 0.0388 e. The summed E-state index contributed by atoms with van der Waals surface area (Å²) in [5, 5.41) is 3.80. The van der Waals surface area contributed by atoms with Crippen LogP contribution < -0.4 is 5.32 Å². The molecule has 1 aliphatic carbocycles. The molecule has 112 valence electrons. The van der Waals surface area contributed by atoms with Gasteiger partial charge in [0, 0.05) is 18.3 Å². The summed E-state index contributed by atoms with van der Waals surface area (Å²) in [6.45, 7) is 10.1. The van der Waals surface area contributed by atoms with Crippen molar-refractivity contribution >= 4 is 5.69 Å². The first-order valence-corrected chi connectivity index (χ1v) is 8.33. The molecular weight excluding hydrogens is 244 g/mol. The highest BCUT2D eigenvalue weighted by Crippen LogP contribution is 2.31. The fourth-order valence-electron chi connectivity index (χ4n) is 3.28. The van der Waals surface area contributed by atoms with Crippen molar-refractivity contribution in [2.24, 2.45) is 5.92 Å². The molecule has 2 nitrogen and oxygen atoms in total. The van der Waals surface area contributed by atoms with Crippen LogP contribution in [0.4, 0.5) is 5.69 Å². The van der Waals surface area contributed by atoms with E-state index < -0.39 is 0 Å². The molecule has 1 aromatic carbocycles. The molecule has 0 radical (unpaired) electrons. The van der Waals surface area contributed by atoms with Gasteiger partial charge >= 0.3 is 0 Å². The fraction of sp³-hybridized carbons (Fsp3) is 0.667. The molecule has 0 spiro atoms. The average Bonchev–Trinajstić information content (AvgIpc) is 2.94. The van der Waals surface area contributed by atoms with Crippen molar-refractivity contribution in [2.45, 2.75) is 59.0 Å². The molecule has 1 fully saturated rings. The minimum Gasteiger partial charge on any atom is -0.382 e. The van der Waals surface area contributed by atoms with Crippen molar-refractivity contribution < 1.29 is 0 Å². The van der Waals surface area contributed by atoms with Crippen LogP contribution in [0, 0.1) is 5.92 Å². The molecule has 0 saturated heterocycles. The second kappa shape index (κ2) is 7.68. The van der Waals surface area contributed by atoms with E-state index in [0.29, 0.717) is 6.04 Å². The van der Waals surface area contributed by atoms with E-state index in [1.54, 1.807) is 0 Å². The Morgan fingerprint density at radius 2 is 1.85 bits per heavy atom. The molecule has 0 amide bonds. The third-order valence-electron chi connectivity index (χ3n) is 4.78. The second-order valence-corrected chi connectivity index (χ2v) is 6.05. The van der Waals surface area contributed by atoms with Crippen LogP contribution in [0.15, 0.2) is 24.3 Å². The van der Waals surface area contributed by atoms with Crippen LogP contribution in [-0.2, 0) is 6.54 Å². The number of nitrogens with zero attached hydrogens (tertiary/aromatic N) is 1. The predicted molar refractivity (Wildman–Crippen MR) is 88.1 cm³/mol. The normalized spacial score (nSPS) is 22.4. The highest BCUT2D eigenvalue weighted by Gasteiger charge is 2.23. The number of anilines is 1. The van der Waals surface area contributed by atoms with Gasteiger partial charge in [-0.15, -0.1) is 0 Å². The summed E-state index contributed by atoms with van der Waals surface area (Å²) in [5.74, 6) is 0.933. The van der Waals surface area contributed by atoms with Gasteiger partial charge in [0.2, 0.25) is 0 Å². The van der Waals surface area contributed by atoms with E-state index in [0.717, 1.165) is 25.6 Å². The highest BCUT2D eigenvalue weighted by atomic mass is 15.1. The van der Waals surface area contributed by atoms with E-state index in [-0.39, 0.29) is 0 Å². The van der Waals surface area contributed by atoms with Crippen LogP contribution in [0.3, 0.4) is 0 Å². The Morgan fingerprint density at radius 3 is 2.50 bits per heavy atom. The molecule has 0 heterocycles. The van der Waals surface area contributed by atoms with Crippen molar-refractivity contribution in [2.75, 3.05) is 18.4 Å². The van der Waals surface area contributed by atoms with E-state index >= 15 is 0 Å². The number of benzene rings is 1. The van der Waals surface area contributed by atoms with E-state index in [9.17, 15) is 0 Å². The summed E-state index contributed by atoms with van der Waals surface area (Å²) in [4.78, 5) is 2.48. The number of hydrogen-bond donors (Lipinski definition) is 1.